The van der Waals surface area contributed by atoms with E-state index in [9.17, 15) is 4.79 Å². The Morgan fingerprint density at radius 1 is 0.844 bits per heavy atom. The van der Waals surface area contributed by atoms with Gasteiger partial charge in [-0.3, -0.25) is 4.79 Å². The van der Waals surface area contributed by atoms with Crippen LogP contribution in [0.5, 0.6) is 0 Å². The van der Waals surface area contributed by atoms with Crippen molar-refractivity contribution < 1.29 is 4.79 Å². The molecule has 32 heavy (non-hydrogen) atoms. The van der Waals surface area contributed by atoms with E-state index in [4.69, 9.17) is 0 Å². The third-order valence-electron chi connectivity index (χ3n) is 9.07. The molecule has 1 saturated heterocycles. The average Bonchev–Trinajstić information content (AvgIpc) is 2.79. The van der Waals surface area contributed by atoms with Gasteiger partial charge >= 0.3 is 0 Å². The van der Waals surface area contributed by atoms with Crippen LogP contribution < -0.4 is 10.2 Å². The average molecular weight is 429 g/mol. The second kappa shape index (κ2) is 7.93. The van der Waals surface area contributed by atoms with Crippen LogP contribution in [0.3, 0.4) is 0 Å². The number of anilines is 2. The molecule has 0 spiro atoms. The van der Waals surface area contributed by atoms with Crippen LogP contribution in [0.2, 0.25) is 0 Å². The minimum atomic E-state index is 0.111. The molecule has 3 heteroatoms. The summed E-state index contributed by atoms with van der Waals surface area (Å²) in [5, 5.41) is 3.22. The van der Waals surface area contributed by atoms with E-state index in [0.29, 0.717) is 5.41 Å². The van der Waals surface area contributed by atoms with Crippen LogP contribution in [-0.4, -0.2) is 19.0 Å². The number of carbonyl (C=O) groups excluding carboxylic acids is 1. The first-order valence-corrected chi connectivity index (χ1v) is 12.8. The van der Waals surface area contributed by atoms with Crippen molar-refractivity contribution in [1.29, 1.82) is 0 Å². The maximum atomic E-state index is 12.9. The standard InChI is InChI=1S/C29H36N2O/c1-20-2-8-27(9-3-20)31-12-10-24(11-13-31)28(32)30-26-6-4-25(5-7-26)29-17-21-14-22(18-29)16-23(15-21)19-29/h2-9,21-24H,10-19H2,1H3,(H,30,32). The lowest BCUT2D eigenvalue weighted by Crippen LogP contribution is -2.48. The van der Waals surface area contributed by atoms with E-state index in [1.807, 2.05) is 0 Å². The first-order valence-electron chi connectivity index (χ1n) is 12.8. The molecule has 4 saturated carbocycles. The number of benzene rings is 2. The zero-order chi connectivity index (χ0) is 21.7. The molecule has 7 rings (SSSR count). The van der Waals surface area contributed by atoms with Gasteiger partial charge in [0, 0.05) is 30.4 Å². The molecule has 4 aliphatic carbocycles. The number of piperidine rings is 1. The molecular weight excluding hydrogens is 392 g/mol. The fourth-order valence-corrected chi connectivity index (χ4v) is 7.77. The van der Waals surface area contributed by atoms with Gasteiger partial charge in [-0.1, -0.05) is 29.8 Å². The largest absolute Gasteiger partial charge is 0.371 e. The third-order valence-corrected chi connectivity index (χ3v) is 9.07. The number of nitrogens with zero attached hydrogens (tertiary/aromatic N) is 1. The van der Waals surface area contributed by atoms with Gasteiger partial charge in [-0.2, -0.15) is 0 Å². The summed E-state index contributed by atoms with van der Waals surface area (Å²) in [5.74, 6) is 3.19. The van der Waals surface area contributed by atoms with Crippen LogP contribution in [0, 0.1) is 30.6 Å². The molecule has 1 aliphatic heterocycles. The van der Waals surface area contributed by atoms with E-state index in [1.54, 1.807) is 0 Å². The van der Waals surface area contributed by atoms with E-state index in [0.717, 1.165) is 49.4 Å². The molecule has 2 aromatic carbocycles. The Morgan fingerprint density at radius 3 is 1.97 bits per heavy atom. The highest BCUT2D eigenvalue weighted by molar-refractivity contribution is 5.92. The fourth-order valence-electron chi connectivity index (χ4n) is 7.77. The summed E-state index contributed by atoms with van der Waals surface area (Å²) in [6.45, 7) is 4.02. The Kier molecular flexibility index (Phi) is 5.04. The Labute approximate surface area is 192 Å². The molecule has 5 aliphatic rings. The van der Waals surface area contributed by atoms with Crippen molar-refractivity contribution in [3.8, 4) is 0 Å². The van der Waals surface area contributed by atoms with Crippen LogP contribution in [0.25, 0.3) is 0 Å². The molecule has 1 N–H and O–H groups in total. The molecule has 4 bridgehead atoms. The predicted octanol–water partition coefficient (Wildman–Crippen LogP) is 6.32. The first-order chi connectivity index (χ1) is 15.6. The number of hydrogen-bond donors (Lipinski definition) is 1. The zero-order valence-electron chi connectivity index (χ0n) is 19.4. The molecule has 0 atom stereocenters. The lowest BCUT2D eigenvalue weighted by atomic mass is 9.48. The van der Waals surface area contributed by atoms with Gasteiger partial charge in [0.05, 0.1) is 0 Å². The monoisotopic (exact) mass is 428 g/mol. The fraction of sp³-hybridized carbons (Fsp3) is 0.552. The minimum absolute atomic E-state index is 0.111. The number of carbonyl (C=O) groups is 1. The summed E-state index contributed by atoms with van der Waals surface area (Å²) in [6, 6.07) is 17.7. The molecule has 0 radical (unpaired) electrons. The summed E-state index contributed by atoms with van der Waals surface area (Å²) in [6.07, 6.45) is 10.5. The van der Waals surface area contributed by atoms with Crippen LogP contribution in [0.15, 0.2) is 48.5 Å². The highest BCUT2D eigenvalue weighted by Crippen LogP contribution is 2.60. The van der Waals surface area contributed by atoms with Gasteiger partial charge in [-0.05, 0) is 111 Å². The number of nitrogens with one attached hydrogen (secondary N) is 1. The second-order valence-corrected chi connectivity index (χ2v) is 11.4. The van der Waals surface area contributed by atoms with Crippen LogP contribution >= 0.6 is 0 Å². The third kappa shape index (κ3) is 3.74. The first kappa shape index (κ1) is 20.3. The Morgan fingerprint density at radius 2 is 1.41 bits per heavy atom. The number of hydrogen-bond acceptors (Lipinski definition) is 2. The maximum Gasteiger partial charge on any atom is 0.227 e. The normalized spacial score (nSPS) is 31.7. The van der Waals surface area contributed by atoms with Gasteiger partial charge in [-0.25, -0.2) is 0 Å². The minimum Gasteiger partial charge on any atom is -0.371 e. The lowest BCUT2D eigenvalue weighted by molar-refractivity contribution is -0.120. The summed E-state index contributed by atoms with van der Waals surface area (Å²) in [7, 11) is 0. The maximum absolute atomic E-state index is 12.9. The van der Waals surface area contributed by atoms with E-state index in [2.05, 4.69) is 65.7 Å². The van der Waals surface area contributed by atoms with Crippen LogP contribution in [0.4, 0.5) is 11.4 Å². The lowest BCUT2D eigenvalue weighted by Gasteiger charge is -2.57. The van der Waals surface area contributed by atoms with Crippen molar-refractivity contribution in [1.82, 2.24) is 0 Å². The van der Waals surface area contributed by atoms with E-state index >= 15 is 0 Å². The molecule has 1 amide bonds. The SMILES string of the molecule is Cc1ccc(N2CCC(C(=O)Nc3ccc(C45CC6CC(CC(C6)C4)C5)cc3)CC2)cc1. The van der Waals surface area contributed by atoms with Crippen molar-refractivity contribution in [2.24, 2.45) is 23.7 Å². The van der Waals surface area contributed by atoms with Gasteiger partial charge in [0.25, 0.3) is 0 Å². The van der Waals surface area contributed by atoms with E-state index in [1.165, 1.54) is 55.3 Å². The van der Waals surface area contributed by atoms with Crippen molar-refractivity contribution in [2.75, 3.05) is 23.3 Å². The summed E-state index contributed by atoms with van der Waals surface area (Å²) in [5.41, 5.74) is 5.48. The molecule has 2 aromatic rings. The highest BCUT2D eigenvalue weighted by atomic mass is 16.1. The summed E-state index contributed by atoms with van der Waals surface area (Å²) >= 11 is 0. The molecule has 3 nitrogen and oxygen atoms in total. The van der Waals surface area contributed by atoms with Gasteiger partial charge in [0.15, 0.2) is 0 Å². The van der Waals surface area contributed by atoms with E-state index < -0.39 is 0 Å². The number of aryl methyl sites for hydroxylation is 1. The molecule has 5 fully saturated rings. The molecule has 1 heterocycles. The van der Waals surface area contributed by atoms with E-state index in [-0.39, 0.29) is 11.8 Å². The zero-order valence-corrected chi connectivity index (χ0v) is 19.4. The van der Waals surface area contributed by atoms with Crippen molar-refractivity contribution in [3.05, 3.63) is 59.7 Å². The van der Waals surface area contributed by atoms with Crippen LogP contribution in [0.1, 0.15) is 62.5 Å². The van der Waals surface area contributed by atoms with Gasteiger partial charge < -0.3 is 10.2 Å². The molecule has 0 aromatic heterocycles. The Bertz CT molecular complexity index is 934. The van der Waals surface area contributed by atoms with Crippen molar-refractivity contribution >= 4 is 17.3 Å². The van der Waals surface area contributed by atoms with Gasteiger partial charge in [-0.15, -0.1) is 0 Å². The number of rotatable bonds is 4. The molecule has 0 unspecified atom stereocenters. The number of amides is 1. The summed E-state index contributed by atoms with van der Waals surface area (Å²) < 4.78 is 0. The van der Waals surface area contributed by atoms with Gasteiger partial charge in [0.1, 0.15) is 0 Å². The highest BCUT2D eigenvalue weighted by Gasteiger charge is 2.51. The predicted molar refractivity (Wildman–Crippen MR) is 131 cm³/mol. The van der Waals surface area contributed by atoms with Gasteiger partial charge in [0.2, 0.25) is 5.91 Å². The molecular formula is C29H36N2O. The van der Waals surface area contributed by atoms with Crippen molar-refractivity contribution in [2.45, 2.75) is 63.7 Å². The topological polar surface area (TPSA) is 32.3 Å². The quantitative estimate of drug-likeness (QED) is 0.618. The molecule has 168 valence electrons. The Hall–Kier alpha value is -2.29. The summed E-state index contributed by atoms with van der Waals surface area (Å²) in [4.78, 5) is 15.3. The Balaban J connectivity index is 1.07. The smallest absolute Gasteiger partial charge is 0.227 e. The van der Waals surface area contributed by atoms with Crippen molar-refractivity contribution in [3.63, 3.8) is 0 Å². The second-order valence-electron chi connectivity index (χ2n) is 11.4. The van der Waals surface area contributed by atoms with Crippen LogP contribution in [-0.2, 0) is 10.2 Å².